The number of carbonyl (C=O) groups is 1. The van der Waals surface area contributed by atoms with Crippen molar-refractivity contribution >= 4 is 11.6 Å². The standard InChI is InChI=1S/C18H19FN2O/c1-11(20)13-3-5-17(19)16(10-13)14-4-6-18-15(9-14)7-8-21(18)12(2)22/h3-6,9-11H,7-8,20H2,1-2H3. The summed E-state index contributed by atoms with van der Waals surface area (Å²) in [7, 11) is 0. The van der Waals surface area contributed by atoms with E-state index in [1.54, 1.807) is 24.0 Å². The van der Waals surface area contributed by atoms with Gasteiger partial charge in [0, 0.05) is 30.8 Å². The van der Waals surface area contributed by atoms with E-state index in [0.717, 1.165) is 28.8 Å². The van der Waals surface area contributed by atoms with E-state index in [1.807, 2.05) is 25.1 Å². The maximum absolute atomic E-state index is 14.2. The molecule has 3 nitrogen and oxygen atoms in total. The molecule has 2 aromatic carbocycles. The monoisotopic (exact) mass is 298 g/mol. The average Bonchev–Trinajstić information content (AvgIpc) is 2.90. The molecule has 2 aromatic rings. The van der Waals surface area contributed by atoms with Gasteiger partial charge in [-0.05, 0) is 54.3 Å². The Bertz CT molecular complexity index is 740. The van der Waals surface area contributed by atoms with E-state index in [0.29, 0.717) is 12.1 Å². The summed E-state index contributed by atoms with van der Waals surface area (Å²) in [6.07, 6.45) is 0.803. The number of halogens is 1. The van der Waals surface area contributed by atoms with Crippen molar-refractivity contribution < 1.29 is 9.18 Å². The minimum absolute atomic E-state index is 0.0386. The molecule has 114 valence electrons. The molecule has 3 rings (SSSR count). The Kier molecular flexibility index (Phi) is 3.71. The molecule has 1 aliphatic heterocycles. The van der Waals surface area contributed by atoms with Crippen LogP contribution in [0.3, 0.4) is 0 Å². The molecule has 4 heteroatoms. The Labute approximate surface area is 129 Å². The first-order chi connectivity index (χ1) is 10.5. The van der Waals surface area contributed by atoms with Gasteiger partial charge in [0.1, 0.15) is 5.82 Å². The first-order valence-corrected chi connectivity index (χ1v) is 7.44. The number of fused-ring (bicyclic) bond motifs is 1. The van der Waals surface area contributed by atoms with Crippen LogP contribution in [-0.2, 0) is 11.2 Å². The van der Waals surface area contributed by atoms with Gasteiger partial charge in [0.25, 0.3) is 0 Å². The summed E-state index contributed by atoms with van der Waals surface area (Å²) < 4.78 is 14.2. The number of rotatable bonds is 2. The quantitative estimate of drug-likeness (QED) is 0.923. The molecule has 0 bridgehead atoms. The van der Waals surface area contributed by atoms with Gasteiger partial charge in [-0.3, -0.25) is 4.79 Å². The van der Waals surface area contributed by atoms with Crippen LogP contribution in [0.25, 0.3) is 11.1 Å². The predicted octanol–water partition coefficient (Wildman–Crippen LogP) is 3.42. The predicted molar refractivity (Wildman–Crippen MR) is 86.2 cm³/mol. The smallest absolute Gasteiger partial charge is 0.223 e. The van der Waals surface area contributed by atoms with Crippen LogP contribution in [0.2, 0.25) is 0 Å². The van der Waals surface area contributed by atoms with Gasteiger partial charge < -0.3 is 10.6 Å². The van der Waals surface area contributed by atoms with Gasteiger partial charge in [-0.1, -0.05) is 12.1 Å². The van der Waals surface area contributed by atoms with E-state index in [-0.39, 0.29) is 17.8 Å². The molecule has 2 N–H and O–H groups in total. The molecule has 1 unspecified atom stereocenters. The van der Waals surface area contributed by atoms with Gasteiger partial charge in [-0.25, -0.2) is 4.39 Å². The molecule has 1 aliphatic rings. The summed E-state index contributed by atoms with van der Waals surface area (Å²) in [5.74, 6) is -0.220. The molecule has 0 saturated carbocycles. The van der Waals surface area contributed by atoms with Gasteiger partial charge >= 0.3 is 0 Å². The van der Waals surface area contributed by atoms with Gasteiger partial charge in [0.2, 0.25) is 5.91 Å². The number of hydrogen-bond acceptors (Lipinski definition) is 2. The Hall–Kier alpha value is -2.20. The molecule has 0 saturated heterocycles. The highest BCUT2D eigenvalue weighted by Gasteiger charge is 2.22. The number of benzene rings is 2. The third kappa shape index (κ3) is 2.50. The number of hydrogen-bond donors (Lipinski definition) is 1. The van der Waals surface area contributed by atoms with E-state index in [1.165, 1.54) is 6.07 Å². The van der Waals surface area contributed by atoms with Crippen molar-refractivity contribution in [1.82, 2.24) is 0 Å². The highest BCUT2D eigenvalue weighted by molar-refractivity contribution is 5.94. The van der Waals surface area contributed by atoms with Crippen LogP contribution in [0.5, 0.6) is 0 Å². The molecule has 0 aliphatic carbocycles. The highest BCUT2D eigenvalue weighted by Crippen LogP contribution is 2.34. The molecule has 0 spiro atoms. The first-order valence-electron chi connectivity index (χ1n) is 7.44. The number of nitrogens with two attached hydrogens (primary N) is 1. The second-order valence-electron chi connectivity index (χ2n) is 5.79. The van der Waals surface area contributed by atoms with Gasteiger partial charge in [0.15, 0.2) is 0 Å². The third-order valence-electron chi connectivity index (χ3n) is 4.18. The second kappa shape index (κ2) is 5.54. The zero-order valence-electron chi connectivity index (χ0n) is 12.8. The van der Waals surface area contributed by atoms with Crippen molar-refractivity contribution in [1.29, 1.82) is 0 Å². The summed E-state index contributed by atoms with van der Waals surface area (Å²) in [6, 6.07) is 10.6. The summed E-state index contributed by atoms with van der Waals surface area (Å²) in [5.41, 5.74) is 10.2. The SMILES string of the molecule is CC(=O)N1CCc2cc(-c3cc(C(C)N)ccc3F)ccc21. The van der Waals surface area contributed by atoms with E-state index < -0.39 is 0 Å². The van der Waals surface area contributed by atoms with Crippen LogP contribution >= 0.6 is 0 Å². The van der Waals surface area contributed by atoms with Crippen molar-refractivity contribution in [2.24, 2.45) is 5.73 Å². The molecule has 0 radical (unpaired) electrons. The highest BCUT2D eigenvalue weighted by atomic mass is 19.1. The van der Waals surface area contributed by atoms with Crippen molar-refractivity contribution in [2.45, 2.75) is 26.3 Å². The van der Waals surface area contributed by atoms with Crippen LogP contribution in [0.15, 0.2) is 36.4 Å². The fourth-order valence-electron chi connectivity index (χ4n) is 2.94. The normalized spacial score (nSPS) is 14.8. The van der Waals surface area contributed by atoms with E-state index in [4.69, 9.17) is 5.73 Å². The lowest BCUT2D eigenvalue weighted by Crippen LogP contribution is -2.25. The minimum atomic E-state index is -0.259. The molecular weight excluding hydrogens is 279 g/mol. The largest absolute Gasteiger partial charge is 0.324 e. The summed E-state index contributed by atoms with van der Waals surface area (Å²) in [4.78, 5) is 13.3. The average molecular weight is 298 g/mol. The second-order valence-corrected chi connectivity index (χ2v) is 5.79. The fraction of sp³-hybridized carbons (Fsp3) is 0.278. The van der Waals surface area contributed by atoms with E-state index in [2.05, 4.69) is 0 Å². The minimum Gasteiger partial charge on any atom is -0.324 e. The maximum Gasteiger partial charge on any atom is 0.223 e. The van der Waals surface area contributed by atoms with Crippen LogP contribution in [0, 0.1) is 5.82 Å². The van der Waals surface area contributed by atoms with Gasteiger partial charge in [-0.15, -0.1) is 0 Å². The Balaban J connectivity index is 2.04. The Morgan fingerprint density at radius 2 is 2.05 bits per heavy atom. The summed E-state index contributed by atoms with van der Waals surface area (Å²) in [6.45, 7) is 4.13. The Morgan fingerprint density at radius 1 is 1.27 bits per heavy atom. The van der Waals surface area contributed by atoms with Crippen LogP contribution in [0.4, 0.5) is 10.1 Å². The molecule has 1 atom stereocenters. The topological polar surface area (TPSA) is 46.3 Å². The summed E-state index contributed by atoms with van der Waals surface area (Å²) in [5, 5.41) is 0. The first kappa shape index (κ1) is 14.7. The van der Waals surface area contributed by atoms with Gasteiger partial charge in [0.05, 0.1) is 0 Å². The number of carbonyl (C=O) groups excluding carboxylic acids is 1. The van der Waals surface area contributed by atoms with Crippen molar-refractivity contribution in [2.75, 3.05) is 11.4 Å². The molecular formula is C18H19FN2O. The number of anilines is 1. The Morgan fingerprint density at radius 3 is 2.73 bits per heavy atom. The fourth-order valence-corrected chi connectivity index (χ4v) is 2.94. The summed E-state index contributed by atoms with van der Waals surface area (Å²) >= 11 is 0. The molecule has 1 heterocycles. The van der Waals surface area contributed by atoms with Crippen molar-refractivity contribution in [3.63, 3.8) is 0 Å². The van der Waals surface area contributed by atoms with Crippen molar-refractivity contribution in [3.05, 3.63) is 53.3 Å². The number of amides is 1. The molecule has 0 fully saturated rings. The zero-order chi connectivity index (χ0) is 15.9. The van der Waals surface area contributed by atoms with Crippen LogP contribution in [-0.4, -0.2) is 12.5 Å². The van der Waals surface area contributed by atoms with Gasteiger partial charge in [-0.2, -0.15) is 0 Å². The molecule has 0 aromatic heterocycles. The van der Waals surface area contributed by atoms with Crippen LogP contribution in [0.1, 0.15) is 31.0 Å². The van der Waals surface area contributed by atoms with Crippen molar-refractivity contribution in [3.8, 4) is 11.1 Å². The lowest BCUT2D eigenvalue weighted by molar-refractivity contribution is -0.116. The van der Waals surface area contributed by atoms with Crippen LogP contribution < -0.4 is 10.6 Å². The lowest BCUT2D eigenvalue weighted by atomic mass is 9.97. The molecule has 22 heavy (non-hydrogen) atoms. The van der Waals surface area contributed by atoms with E-state index >= 15 is 0 Å². The molecule has 1 amide bonds. The van der Waals surface area contributed by atoms with E-state index in [9.17, 15) is 9.18 Å². The maximum atomic E-state index is 14.2. The third-order valence-corrected chi connectivity index (χ3v) is 4.18. The lowest BCUT2D eigenvalue weighted by Gasteiger charge is -2.15. The zero-order valence-corrected chi connectivity index (χ0v) is 12.8. The number of nitrogens with zero attached hydrogens (tertiary/aromatic N) is 1.